The van der Waals surface area contributed by atoms with Crippen LogP contribution >= 0.6 is 0 Å². The van der Waals surface area contributed by atoms with Crippen LogP contribution in [0.5, 0.6) is 0 Å². The Hall–Kier alpha value is -2.17. The van der Waals surface area contributed by atoms with Gasteiger partial charge in [0.25, 0.3) is 0 Å². The van der Waals surface area contributed by atoms with Crippen LogP contribution in [-0.2, 0) is 17.8 Å². The zero-order chi connectivity index (χ0) is 15.4. The lowest BCUT2D eigenvalue weighted by molar-refractivity contribution is -0.120. The highest BCUT2D eigenvalue weighted by Gasteiger charge is 2.22. The van der Waals surface area contributed by atoms with Crippen molar-refractivity contribution in [2.45, 2.75) is 51.5 Å². The highest BCUT2D eigenvalue weighted by atomic mass is 16.5. The summed E-state index contributed by atoms with van der Waals surface area (Å²) in [7, 11) is 0. The number of amides is 1. The molecule has 0 radical (unpaired) electrons. The van der Waals surface area contributed by atoms with E-state index in [4.69, 9.17) is 4.52 Å². The van der Waals surface area contributed by atoms with E-state index in [2.05, 4.69) is 15.5 Å². The predicted octanol–water partition coefficient (Wildman–Crippen LogP) is 2.89. The topological polar surface area (TPSA) is 68.0 Å². The molecule has 1 heterocycles. The van der Waals surface area contributed by atoms with Crippen LogP contribution in [0.1, 0.15) is 54.4 Å². The number of benzene rings is 1. The summed E-state index contributed by atoms with van der Waals surface area (Å²) in [5.74, 6) is 1.66. The zero-order valence-corrected chi connectivity index (χ0v) is 12.8. The van der Waals surface area contributed by atoms with Gasteiger partial charge in [0.05, 0.1) is 13.0 Å². The molecule has 1 aliphatic carbocycles. The molecule has 1 amide bonds. The molecule has 1 aliphatic rings. The number of hydrogen-bond donors (Lipinski definition) is 1. The minimum Gasteiger partial charge on any atom is -0.348 e. The van der Waals surface area contributed by atoms with Gasteiger partial charge in [-0.05, 0) is 30.9 Å². The molecule has 0 unspecified atom stereocenters. The summed E-state index contributed by atoms with van der Waals surface area (Å²) >= 11 is 0. The van der Waals surface area contributed by atoms with Crippen molar-refractivity contribution < 1.29 is 9.32 Å². The lowest BCUT2D eigenvalue weighted by Crippen LogP contribution is -2.25. The molecule has 0 aliphatic heterocycles. The monoisotopic (exact) mass is 299 g/mol. The molecule has 0 saturated heterocycles. The summed E-state index contributed by atoms with van der Waals surface area (Å²) in [5.41, 5.74) is 2.17. The summed E-state index contributed by atoms with van der Waals surface area (Å²) in [6, 6.07) is 7.90. The first-order chi connectivity index (χ1) is 10.7. The van der Waals surface area contributed by atoms with Crippen LogP contribution in [0.15, 0.2) is 28.8 Å². The van der Waals surface area contributed by atoms with Crippen molar-refractivity contribution in [3.8, 4) is 0 Å². The lowest BCUT2D eigenvalue weighted by atomic mass is 10.1. The first kappa shape index (κ1) is 14.8. The molecular weight excluding hydrogens is 278 g/mol. The van der Waals surface area contributed by atoms with Crippen molar-refractivity contribution in [2.75, 3.05) is 0 Å². The molecule has 5 nitrogen and oxygen atoms in total. The van der Waals surface area contributed by atoms with E-state index in [0.29, 0.717) is 24.7 Å². The molecule has 1 aromatic carbocycles. The van der Waals surface area contributed by atoms with Gasteiger partial charge in [-0.25, -0.2) is 0 Å². The third kappa shape index (κ3) is 3.53. The van der Waals surface area contributed by atoms with Crippen LogP contribution in [0, 0.1) is 6.92 Å². The molecule has 1 saturated carbocycles. The molecule has 2 aromatic rings. The highest BCUT2D eigenvalue weighted by Crippen LogP contribution is 2.32. The van der Waals surface area contributed by atoms with Gasteiger partial charge in [-0.1, -0.05) is 42.3 Å². The third-order valence-corrected chi connectivity index (χ3v) is 4.24. The summed E-state index contributed by atoms with van der Waals surface area (Å²) < 4.78 is 5.31. The van der Waals surface area contributed by atoms with Gasteiger partial charge in [-0.3, -0.25) is 4.79 Å². The predicted molar refractivity (Wildman–Crippen MR) is 82.2 cm³/mol. The van der Waals surface area contributed by atoms with Gasteiger partial charge in [0.15, 0.2) is 5.82 Å². The van der Waals surface area contributed by atoms with Gasteiger partial charge in [0.1, 0.15) is 0 Å². The molecule has 22 heavy (non-hydrogen) atoms. The van der Waals surface area contributed by atoms with Gasteiger partial charge >= 0.3 is 0 Å². The molecule has 1 N–H and O–H groups in total. The summed E-state index contributed by atoms with van der Waals surface area (Å²) in [6.07, 6.45) is 5.09. The van der Waals surface area contributed by atoms with E-state index >= 15 is 0 Å². The quantitative estimate of drug-likeness (QED) is 0.921. The highest BCUT2D eigenvalue weighted by molar-refractivity contribution is 5.78. The van der Waals surface area contributed by atoms with Gasteiger partial charge in [0, 0.05) is 5.92 Å². The maximum Gasteiger partial charge on any atom is 0.229 e. The molecule has 3 rings (SSSR count). The molecule has 5 heteroatoms. The molecule has 0 bridgehead atoms. The van der Waals surface area contributed by atoms with E-state index in [0.717, 1.165) is 29.9 Å². The maximum atomic E-state index is 12.0. The average molecular weight is 299 g/mol. The lowest BCUT2D eigenvalue weighted by Gasteiger charge is -2.05. The maximum absolute atomic E-state index is 12.0. The Morgan fingerprint density at radius 2 is 2.09 bits per heavy atom. The average Bonchev–Trinajstić information content (AvgIpc) is 3.18. The second-order valence-corrected chi connectivity index (χ2v) is 5.91. The Morgan fingerprint density at radius 3 is 2.86 bits per heavy atom. The van der Waals surface area contributed by atoms with Crippen molar-refractivity contribution in [1.29, 1.82) is 0 Å². The SMILES string of the molecule is Cc1ccccc1CC(=O)NCc1noc(C2CCCC2)n1. The van der Waals surface area contributed by atoms with Crippen molar-refractivity contribution in [1.82, 2.24) is 15.5 Å². The van der Waals surface area contributed by atoms with Crippen molar-refractivity contribution in [2.24, 2.45) is 0 Å². The Bertz CT molecular complexity index is 645. The number of hydrogen-bond acceptors (Lipinski definition) is 4. The number of nitrogens with zero attached hydrogens (tertiary/aromatic N) is 2. The van der Waals surface area contributed by atoms with Gasteiger partial charge in [-0.2, -0.15) is 4.98 Å². The van der Waals surface area contributed by atoms with Crippen molar-refractivity contribution >= 4 is 5.91 Å². The number of aromatic nitrogens is 2. The van der Waals surface area contributed by atoms with E-state index in [9.17, 15) is 4.79 Å². The van der Waals surface area contributed by atoms with Crippen LogP contribution in [-0.4, -0.2) is 16.0 Å². The zero-order valence-electron chi connectivity index (χ0n) is 12.8. The van der Waals surface area contributed by atoms with E-state index in [1.807, 2.05) is 31.2 Å². The third-order valence-electron chi connectivity index (χ3n) is 4.24. The fourth-order valence-electron chi connectivity index (χ4n) is 2.90. The molecular formula is C17H21N3O2. The summed E-state index contributed by atoms with van der Waals surface area (Å²) in [5, 5.41) is 6.81. The van der Waals surface area contributed by atoms with Gasteiger partial charge in [-0.15, -0.1) is 0 Å². The van der Waals surface area contributed by atoms with E-state index in [1.54, 1.807) is 0 Å². The molecule has 1 fully saturated rings. The largest absolute Gasteiger partial charge is 0.348 e. The number of carbonyl (C=O) groups is 1. The summed E-state index contributed by atoms with van der Waals surface area (Å²) in [4.78, 5) is 16.4. The fraction of sp³-hybridized carbons (Fsp3) is 0.471. The second-order valence-electron chi connectivity index (χ2n) is 5.91. The number of rotatable bonds is 5. The van der Waals surface area contributed by atoms with E-state index in [1.165, 1.54) is 12.8 Å². The Kier molecular flexibility index (Phi) is 4.51. The van der Waals surface area contributed by atoms with Crippen LogP contribution in [0.25, 0.3) is 0 Å². The molecule has 0 spiro atoms. The van der Waals surface area contributed by atoms with Crippen LogP contribution in [0.2, 0.25) is 0 Å². The van der Waals surface area contributed by atoms with Gasteiger partial charge < -0.3 is 9.84 Å². The number of nitrogens with one attached hydrogen (secondary N) is 1. The van der Waals surface area contributed by atoms with Gasteiger partial charge in [0.2, 0.25) is 11.8 Å². The first-order valence-corrected chi connectivity index (χ1v) is 7.86. The van der Waals surface area contributed by atoms with Crippen LogP contribution in [0.4, 0.5) is 0 Å². The molecule has 0 atom stereocenters. The standard InChI is InChI=1S/C17H21N3O2/c1-12-6-2-3-9-14(12)10-16(21)18-11-15-19-17(22-20-15)13-7-4-5-8-13/h2-3,6,9,13H,4-5,7-8,10-11H2,1H3,(H,18,21). The minimum absolute atomic E-state index is 0.0264. The normalized spacial score (nSPS) is 15.1. The molecule has 1 aromatic heterocycles. The van der Waals surface area contributed by atoms with Crippen LogP contribution in [0.3, 0.4) is 0 Å². The Morgan fingerprint density at radius 1 is 1.32 bits per heavy atom. The smallest absolute Gasteiger partial charge is 0.229 e. The summed E-state index contributed by atoms with van der Waals surface area (Å²) in [6.45, 7) is 2.33. The molecule has 116 valence electrons. The Balaban J connectivity index is 1.52. The van der Waals surface area contributed by atoms with Crippen molar-refractivity contribution in [3.63, 3.8) is 0 Å². The second kappa shape index (κ2) is 6.73. The number of carbonyl (C=O) groups excluding carboxylic acids is 1. The van der Waals surface area contributed by atoms with E-state index in [-0.39, 0.29) is 5.91 Å². The van der Waals surface area contributed by atoms with Crippen molar-refractivity contribution in [3.05, 3.63) is 47.1 Å². The fourth-order valence-corrected chi connectivity index (χ4v) is 2.90. The first-order valence-electron chi connectivity index (χ1n) is 7.86. The van der Waals surface area contributed by atoms with Crippen LogP contribution < -0.4 is 5.32 Å². The Labute approximate surface area is 130 Å². The number of aryl methyl sites for hydroxylation is 1. The minimum atomic E-state index is -0.0264. The van der Waals surface area contributed by atoms with E-state index < -0.39 is 0 Å².